The number of amides is 1. The number of hydrogen-bond donors (Lipinski definition) is 2. The van der Waals surface area contributed by atoms with Crippen molar-refractivity contribution in [3.05, 3.63) is 53.3 Å². The highest BCUT2D eigenvalue weighted by Gasteiger charge is 2.32. The highest BCUT2D eigenvalue weighted by molar-refractivity contribution is 5.95. The maximum atomic E-state index is 12.7. The number of hydrogen-bond acceptors (Lipinski definition) is 3. The standard InChI is InChI=1S/C20H27N3O2/c1-3-11-23-19(16-9-10-16)17(13-21-23)20(25)22-14(2)12-18(24)15-7-5-4-6-8-15/h4-8,13-14,16,18,24H,3,9-12H2,1-2H3,(H,22,25). The number of aliphatic hydroxyl groups excluding tert-OH is 1. The normalized spacial score (nSPS) is 16.4. The molecule has 1 aliphatic rings. The smallest absolute Gasteiger partial charge is 0.254 e. The third-order valence-corrected chi connectivity index (χ3v) is 4.66. The molecule has 5 heteroatoms. The summed E-state index contributed by atoms with van der Waals surface area (Å²) in [4.78, 5) is 12.7. The molecule has 134 valence electrons. The minimum atomic E-state index is -0.581. The molecule has 0 bridgehead atoms. The Morgan fingerprint density at radius 1 is 1.36 bits per heavy atom. The predicted molar refractivity (Wildman–Crippen MR) is 97.4 cm³/mol. The zero-order chi connectivity index (χ0) is 17.8. The van der Waals surface area contributed by atoms with Gasteiger partial charge in [-0.25, -0.2) is 0 Å². The first-order valence-electron chi connectivity index (χ1n) is 9.19. The van der Waals surface area contributed by atoms with Gasteiger partial charge in [-0.15, -0.1) is 0 Å². The Hall–Kier alpha value is -2.14. The molecule has 5 nitrogen and oxygen atoms in total. The number of benzene rings is 1. The Morgan fingerprint density at radius 3 is 2.72 bits per heavy atom. The summed E-state index contributed by atoms with van der Waals surface area (Å²) in [5.41, 5.74) is 2.64. The minimum Gasteiger partial charge on any atom is -0.388 e. The number of aromatic nitrogens is 2. The molecule has 2 N–H and O–H groups in total. The van der Waals surface area contributed by atoms with E-state index in [4.69, 9.17) is 0 Å². The zero-order valence-corrected chi connectivity index (χ0v) is 15.0. The lowest BCUT2D eigenvalue weighted by molar-refractivity contribution is 0.0915. The van der Waals surface area contributed by atoms with Crippen LogP contribution in [-0.4, -0.2) is 26.8 Å². The Balaban J connectivity index is 1.64. The van der Waals surface area contributed by atoms with E-state index in [1.807, 2.05) is 41.9 Å². The molecular formula is C20H27N3O2. The fraction of sp³-hybridized carbons (Fsp3) is 0.500. The monoisotopic (exact) mass is 341 g/mol. The molecule has 1 saturated carbocycles. The van der Waals surface area contributed by atoms with Crippen LogP contribution in [0.2, 0.25) is 0 Å². The van der Waals surface area contributed by atoms with E-state index in [1.165, 1.54) is 0 Å². The zero-order valence-electron chi connectivity index (χ0n) is 15.0. The summed E-state index contributed by atoms with van der Waals surface area (Å²) < 4.78 is 1.98. The molecule has 2 atom stereocenters. The molecule has 0 radical (unpaired) electrons. The molecule has 25 heavy (non-hydrogen) atoms. The van der Waals surface area contributed by atoms with Crippen molar-refractivity contribution in [2.24, 2.45) is 0 Å². The summed E-state index contributed by atoms with van der Waals surface area (Å²) in [7, 11) is 0. The summed E-state index contributed by atoms with van der Waals surface area (Å²) in [5, 5.41) is 17.8. The van der Waals surface area contributed by atoms with Gasteiger partial charge in [-0.2, -0.15) is 5.10 Å². The lowest BCUT2D eigenvalue weighted by atomic mass is 10.0. The van der Waals surface area contributed by atoms with Crippen LogP contribution < -0.4 is 5.32 Å². The molecule has 3 rings (SSSR count). The highest BCUT2D eigenvalue weighted by atomic mass is 16.3. The van der Waals surface area contributed by atoms with Crippen molar-refractivity contribution in [2.75, 3.05) is 0 Å². The minimum absolute atomic E-state index is 0.0861. The number of carbonyl (C=O) groups excluding carboxylic acids is 1. The van der Waals surface area contributed by atoms with Gasteiger partial charge in [0, 0.05) is 18.5 Å². The van der Waals surface area contributed by atoms with Crippen molar-refractivity contribution in [2.45, 2.75) is 64.1 Å². The van der Waals surface area contributed by atoms with Crippen molar-refractivity contribution in [3.63, 3.8) is 0 Å². The first-order chi connectivity index (χ1) is 12.1. The fourth-order valence-corrected chi connectivity index (χ4v) is 3.25. The van der Waals surface area contributed by atoms with Crippen molar-refractivity contribution >= 4 is 5.91 Å². The van der Waals surface area contributed by atoms with Gasteiger partial charge in [0.05, 0.1) is 23.6 Å². The third-order valence-electron chi connectivity index (χ3n) is 4.66. The molecule has 0 saturated heterocycles. The van der Waals surface area contributed by atoms with Gasteiger partial charge in [-0.05, 0) is 38.2 Å². The van der Waals surface area contributed by atoms with Crippen LogP contribution in [0.4, 0.5) is 0 Å². The van der Waals surface area contributed by atoms with Crippen molar-refractivity contribution < 1.29 is 9.90 Å². The average molecular weight is 341 g/mol. The summed E-state index contributed by atoms with van der Waals surface area (Å²) >= 11 is 0. The third kappa shape index (κ3) is 4.28. The Kier molecular flexibility index (Phi) is 5.53. The van der Waals surface area contributed by atoms with Gasteiger partial charge in [0.1, 0.15) is 0 Å². The van der Waals surface area contributed by atoms with Crippen molar-refractivity contribution in [1.82, 2.24) is 15.1 Å². The van der Waals surface area contributed by atoms with E-state index in [0.29, 0.717) is 17.9 Å². The number of rotatable bonds is 8. The van der Waals surface area contributed by atoms with Gasteiger partial charge in [0.15, 0.2) is 0 Å². The maximum absolute atomic E-state index is 12.7. The van der Waals surface area contributed by atoms with Crippen LogP contribution in [-0.2, 0) is 6.54 Å². The lowest BCUT2D eigenvalue weighted by Gasteiger charge is -2.18. The summed E-state index contributed by atoms with van der Waals surface area (Å²) in [5.74, 6) is 0.386. The SMILES string of the molecule is CCCn1ncc(C(=O)NC(C)CC(O)c2ccccc2)c1C1CC1. The first-order valence-corrected chi connectivity index (χ1v) is 9.19. The van der Waals surface area contributed by atoms with Gasteiger partial charge in [0.2, 0.25) is 0 Å². The van der Waals surface area contributed by atoms with Gasteiger partial charge >= 0.3 is 0 Å². The average Bonchev–Trinajstić information content (AvgIpc) is 3.36. The van der Waals surface area contributed by atoms with E-state index in [1.54, 1.807) is 6.20 Å². The predicted octanol–water partition coefficient (Wildman–Crippen LogP) is 3.41. The van der Waals surface area contributed by atoms with E-state index < -0.39 is 6.10 Å². The molecule has 1 fully saturated rings. The largest absolute Gasteiger partial charge is 0.388 e. The molecule has 1 heterocycles. The Bertz CT molecular complexity index is 707. The van der Waals surface area contributed by atoms with Crippen molar-refractivity contribution in [3.8, 4) is 0 Å². The lowest BCUT2D eigenvalue weighted by Crippen LogP contribution is -2.34. The molecule has 2 unspecified atom stereocenters. The second kappa shape index (κ2) is 7.83. The van der Waals surface area contributed by atoms with Crippen LogP contribution >= 0.6 is 0 Å². The molecule has 1 aromatic carbocycles. The number of aliphatic hydroxyl groups is 1. The second-order valence-electron chi connectivity index (χ2n) is 6.98. The molecular weight excluding hydrogens is 314 g/mol. The van der Waals surface area contributed by atoms with E-state index in [0.717, 1.165) is 37.1 Å². The van der Waals surface area contributed by atoms with Crippen LogP contribution in [0.25, 0.3) is 0 Å². The Morgan fingerprint density at radius 2 is 2.08 bits per heavy atom. The molecule has 1 amide bonds. The van der Waals surface area contributed by atoms with E-state index in [2.05, 4.69) is 17.3 Å². The van der Waals surface area contributed by atoms with Crippen LogP contribution in [0.15, 0.2) is 36.5 Å². The first kappa shape index (κ1) is 17.7. The van der Waals surface area contributed by atoms with E-state index >= 15 is 0 Å². The van der Waals surface area contributed by atoms with E-state index in [9.17, 15) is 9.90 Å². The highest BCUT2D eigenvalue weighted by Crippen LogP contribution is 2.41. The van der Waals surface area contributed by atoms with Gasteiger partial charge in [-0.1, -0.05) is 37.3 Å². The Labute approximate surface area is 149 Å². The van der Waals surface area contributed by atoms with Crippen LogP contribution in [0, 0.1) is 0 Å². The number of nitrogens with zero attached hydrogens (tertiary/aromatic N) is 2. The number of aryl methyl sites for hydroxylation is 1. The summed E-state index contributed by atoms with van der Waals surface area (Å²) in [6.07, 6.45) is 4.87. The summed E-state index contributed by atoms with van der Waals surface area (Å²) in [6.45, 7) is 4.89. The fourth-order valence-electron chi connectivity index (χ4n) is 3.25. The van der Waals surface area contributed by atoms with Crippen LogP contribution in [0.3, 0.4) is 0 Å². The van der Waals surface area contributed by atoms with Crippen molar-refractivity contribution in [1.29, 1.82) is 0 Å². The molecule has 0 spiro atoms. The second-order valence-corrected chi connectivity index (χ2v) is 6.98. The number of nitrogens with one attached hydrogen (secondary N) is 1. The molecule has 0 aliphatic heterocycles. The topological polar surface area (TPSA) is 67.2 Å². The molecule has 1 aliphatic carbocycles. The van der Waals surface area contributed by atoms with Crippen LogP contribution in [0.5, 0.6) is 0 Å². The maximum Gasteiger partial charge on any atom is 0.254 e. The molecule has 1 aromatic heterocycles. The molecule has 2 aromatic rings. The van der Waals surface area contributed by atoms with Gasteiger partial charge < -0.3 is 10.4 Å². The summed E-state index contributed by atoms with van der Waals surface area (Å²) in [6, 6.07) is 9.43. The van der Waals surface area contributed by atoms with Gasteiger partial charge in [0.25, 0.3) is 5.91 Å². The van der Waals surface area contributed by atoms with Crippen LogP contribution in [0.1, 0.15) is 73.2 Å². The van der Waals surface area contributed by atoms with E-state index in [-0.39, 0.29) is 11.9 Å². The van der Waals surface area contributed by atoms with Gasteiger partial charge in [-0.3, -0.25) is 9.48 Å². The number of carbonyl (C=O) groups is 1. The quantitative estimate of drug-likeness (QED) is 0.773.